The quantitative estimate of drug-likeness (QED) is 0.678. The molecule has 0 saturated heterocycles. The lowest BCUT2D eigenvalue weighted by Gasteiger charge is -2.05. The topological polar surface area (TPSA) is 50.1 Å². The number of ether oxygens (including phenoxy) is 1. The Kier molecular flexibility index (Phi) is 2.88. The van der Waals surface area contributed by atoms with Crippen molar-refractivity contribution in [2.45, 2.75) is 0 Å². The van der Waals surface area contributed by atoms with Crippen molar-refractivity contribution in [2.75, 3.05) is 7.11 Å². The van der Waals surface area contributed by atoms with E-state index in [1.54, 1.807) is 12.1 Å². The lowest BCUT2D eigenvalue weighted by atomic mass is 10.1. The summed E-state index contributed by atoms with van der Waals surface area (Å²) in [5, 5.41) is 8.04. The van der Waals surface area contributed by atoms with Gasteiger partial charge in [0.1, 0.15) is 11.8 Å². The zero-order valence-corrected chi connectivity index (χ0v) is 7.63. The van der Waals surface area contributed by atoms with E-state index < -0.39 is 5.24 Å². The molecule has 66 valence electrons. The predicted molar refractivity (Wildman–Crippen MR) is 47.9 cm³/mol. The average molecular weight is 196 g/mol. The highest BCUT2D eigenvalue weighted by Crippen LogP contribution is 2.24. The minimum atomic E-state index is -0.631. The SMILES string of the molecule is COc1c(C#N)cccc1C(=O)Cl. The van der Waals surface area contributed by atoms with Crippen molar-refractivity contribution in [1.82, 2.24) is 0 Å². The molecule has 0 heterocycles. The highest BCUT2D eigenvalue weighted by atomic mass is 35.5. The van der Waals surface area contributed by atoms with Crippen molar-refractivity contribution in [3.63, 3.8) is 0 Å². The van der Waals surface area contributed by atoms with E-state index in [2.05, 4.69) is 0 Å². The average Bonchev–Trinajstić information content (AvgIpc) is 2.16. The molecular weight excluding hydrogens is 190 g/mol. The smallest absolute Gasteiger partial charge is 0.256 e. The van der Waals surface area contributed by atoms with Crippen molar-refractivity contribution >= 4 is 16.8 Å². The number of rotatable bonds is 2. The van der Waals surface area contributed by atoms with Crippen LogP contribution in [-0.2, 0) is 0 Å². The summed E-state index contributed by atoms with van der Waals surface area (Å²) in [6.07, 6.45) is 0. The molecule has 0 bridgehead atoms. The van der Waals surface area contributed by atoms with E-state index in [-0.39, 0.29) is 11.3 Å². The van der Waals surface area contributed by atoms with Crippen LogP contribution in [0.25, 0.3) is 0 Å². The van der Waals surface area contributed by atoms with Gasteiger partial charge in [0.25, 0.3) is 5.24 Å². The van der Waals surface area contributed by atoms with E-state index in [0.29, 0.717) is 5.56 Å². The first-order chi connectivity index (χ1) is 6.20. The van der Waals surface area contributed by atoms with Crippen LogP contribution in [0.4, 0.5) is 0 Å². The Balaban J connectivity index is 3.38. The second-order valence-electron chi connectivity index (χ2n) is 2.27. The first kappa shape index (κ1) is 9.56. The van der Waals surface area contributed by atoms with Gasteiger partial charge < -0.3 is 4.74 Å². The molecule has 0 spiro atoms. The molecule has 13 heavy (non-hydrogen) atoms. The van der Waals surface area contributed by atoms with Crippen LogP contribution in [0.2, 0.25) is 0 Å². The number of para-hydroxylation sites is 1. The van der Waals surface area contributed by atoms with Gasteiger partial charge in [0.15, 0.2) is 0 Å². The fourth-order valence-corrected chi connectivity index (χ4v) is 1.15. The molecule has 1 rings (SSSR count). The predicted octanol–water partition coefficient (Wildman–Crippen LogP) is 1.95. The van der Waals surface area contributed by atoms with Gasteiger partial charge in [-0.1, -0.05) is 6.07 Å². The first-order valence-electron chi connectivity index (χ1n) is 3.47. The molecule has 0 atom stereocenters. The summed E-state index contributed by atoms with van der Waals surface area (Å²) in [4.78, 5) is 10.9. The summed E-state index contributed by atoms with van der Waals surface area (Å²) < 4.78 is 4.90. The lowest BCUT2D eigenvalue weighted by Crippen LogP contribution is -1.97. The summed E-state index contributed by atoms with van der Waals surface area (Å²) in [5.41, 5.74) is 0.511. The van der Waals surface area contributed by atoms with Crippen molar-refractivity contribution in [3.8, 4) is 11.8 Å². The maximum Gasteiger partial charge on any atom is 0.256 e. The third kappa shape index (κ3) is 1.79. The monoisotopic (exact) mass is 195 g/mol. The zero-order valence-electron chi connectivity index (χ0n) is 6.87. The van der Waals surface area contributed by atoms with Crippen LogP contribution in [0.3, 0.4) is 0 Å². The van der Waals surface area contributed by atoms with Gasteiger partial charge in [0.2, 0.25) is 0 Å². The first-order valence-corrected chi connectivity index (χ1v) is 3.85. The molecule has 0 aliphatic heterocycles. The number of hydrogen-bond donors (Lipinski definition) is 0. The molecule has 0 aromatic heterocycles. The van der Waals surface area contributed by atoms with E-state index in [1.807, 2.05) is 6.07 Å². The molecule has 1 aromatic carbocycles. The molecule has 4 heteroatoms. The number of hydrogen-bond acceptors (Lipinski definition) is 3. The molecule has 0 aliphatic rings. The van der Waals surface area contributed by atoms with Gasteiger partial charge >= 0.3 is 0 Å². The van der Waals surface area contributed by atoms with Gasteiger partial charge in [-0.25, -0.2) is 0 Å². The van der Waals surface area contributed by atoms with Crippen molar-refractivity contribution in [2.24, 2.45) is 0 Å². The lowest BCUT2D eigenvalue weighted by molar-refractivity contribution is 0.107. The van der Waals surface area contributed by atoms with E-state index in [9.17, 15) is 4.79 Å². The highest BCUT2D eigenvalue weighted by Gasteiger charge is 2.12. The van der Waals surface area contributed by atoms with Gasteiger partial charge in [-0.15, -0.1) is 0 Å². The van der Waals surface area contributed by atoms with Gasteiger partial charge in [-0.3, -0.25) is 4.79 Å². The molecule has 0 radical (unpaired) electrons. The van der Waals surface area contributed by atoms with Crippen LogP contribution < -0.4 is 4.74 Å². The number of carbonyl (C=O) groups is 1. The van der Waals surface area contributed by atoms with Gasteiger partial charge in [0.05, 0.1) is 18.2 Å². The van der Waals surface area contributed by atoms with Crippen molar-refractivity contribution in [3.05, 3.63) is 29.3 Å². The minimum absolute atomic E-state index is 0.211. The van der Waals surface area contributed by atoms with Crippen LogP contribution in [0.1, 0.15) is 15.9 Å². The molecular formula is C9H6ClNO2. The maximum absolute atomic E-state index is 10.9. The number of halogens is 1. The van der Waals surface area contributed by atoms with Crippen LogP contribution >= 0.6 is 11.6 Å². The number of carbonyl (C=O) groups excluding carboxylic acids is 1. The van der Waals surface area contributed by atoms with Crippen LogP contribution in [-0.4, -0.2) is 12.4 Å². The molecule has 0 N–H and O–H groups in total. The zero-order chi connectivity index (χ0) is 9.84. The largest absolute Gasteiger partial charge is 0.495 e. The Labute approximate surface area is 80.5 Å². The van der Waals surface area contributed by atoms with E-state index in [4.69, 9.17) is 21.6 Å². The second kappa shape index (κ2) is 3.92. The fourth-order valence-electron chi connectivity index (χ4n) is 1.000. The number of nitrogens with zero attached hydrogens (tertiary/aromatic N) is 1. The summed E-state index contributed by atoms with van der Waals surface area (Å²) >= 11 is 5.29. The van der Waals surface area contributed by atoms with Crippen molar-refractivity contribution in [1.29, 1.82) is 5.26 Å². The maximum atomic E-state index is 10.9. The van der Waals surface area contributed by atoms with E-state index in [0.717, 1.165) is 0 Å². The van der Waals surface area contributed by atoms with Crippen LogP contribution in [0.15, 0.2) is 18.2 Å². The minimum Gasteiger partial charge on any atom is -0.495 e. The van der Waals surface area contributed by atoms with Gasteiger partial charge in [0, 0.05) is 0 Å². The third-order valence-electron chi connectivity index (χ3n) is 1.55. The molecule has 3 nitrogen and oxygen atoms in total. The Morgan fingerprint density at radius 2 is 2.31 bits per heavy atom. The van der Waals surface area contributed by atoms with E-state index >= 15 is 0 Å². The second-order valence-corrected chi connectivity index (χ2v) is 2.62. The molecule has 0 unspecified atom stereocenters. The van der Waals surface area contributed by atoms with E-state index in [1.165, 1.54) is 13.2 Å². The third-order valence-corrected chi connectivity index (χ3v) is 1.75. The number of benzene rings is 1. The summed E-state index contributed by atoms with van der Waals surface area (Å²) in [7, 11) is 1.39. The Hall–Kier alpha value is -1.53. The summed E-state index contributed by atoms with van der Waals surface area (Å²) in [6, 6.07) is 6.55. The fraction of sp³-hybridized carbons (Fsp3) is 0.111. The number of nitriles is 1. The normalized spacial score (nSPS) is 9.00. The van der Waals surface area contributed by atoms with Crippen LogP contribution in [0, 0.1) is 11.3 Å². The summed E-state index contributed by atoms with van der Waals surface area (Å²) in [5.74, 6) is 0.227. The molecule has 0 fully saturated rings. The van der Waals surface area contributed by atoms with Gasteiger partial charge in [-0.05, 0) is 23.7 Å². The van der Waals surface area contributed by atoms with Gasteiger partial charge in [-0.2, -0.15) is 5.26 Å². The summed E-state index contributed by atoms with van der Waals surface area (Å²) in [6.45, 7) is 0. The Morgan fingerprint density at radius 1 is 1.62 bits per heavy atom. The molecule has 0 amide bonds. The molecule has 0 saturated carbocycles. The van der Waals surface area contributed by atoms with Crippen LogP contribution in [0.5, 0.6) is 5.75 Å². The van der Waals surface area contributed by atoms with Crippen molar-refractivity contribution < 1.29 is 9.53 Å². The standard InChI is InChI=1S/C9H6ClNO2/c1-13-8-6(5-11)3-2-4-7(8)9(10)12/h2-4H,1H3. The molecule has 0 aliphatic carbocycles. The molecule has 1 aromatic rings. The Morgan fingerprint density at radius 3 is 2.77 bits per heavy atom. The Bertz CT molecular complexity index is 382. The highest BCUT2D eigenvalue weighted by molar-refractivity contribution is 6.68. The number of methoxy groups -OCH3 is 1.